The van der Waals surface area contributed by atoms with Gasteiger partial charge in [0, 0.05) is 16.2 Å². The van der Waals surface area contributed by atoms with Gasteiger partial charge in [0.1, 0.15) is 0 Å². The summed E-state index contributed by atoms with van der Waals surface area (Å²) in [7, 11) is 0. The van der Waals surface area contributed by atoms with Crippen LogP contribution in [0, 0.1) is 0 Å². The van der Waals surface area contributed by atoms with Crippen LogP contribution >= 0.6 is 0 Å². The van der Waals surface area contributed by atoms with Crippen molar-refractivity contribution >= 4 is 17.3 Å². The highest BCUT2D eigenvalue weighted by atomic mass is 16.1. The van der Waals surface area contributed by atoms with Gasteiger partial charge in [0.15, 0.2) is 0 Å². The van der Waals surface area contributed by atoms with Gasteiger partial charge in [-0.2, -0.15) is 0 Å². The molecule has 100 valence electrons. The molecule has 2 aromatic carbocycles. The molecule has 2 aromatic rings. The van der Waals surface area contributed by atoms with Crippen LogP contribution in [0.2, 0.25) is 0 Å². The summed E-state index contributed by atoms with van der Waals surface area (Å²) in [6, 6.07) is 14.3. The molecule has 0 saturated heterocycles. The Morgan fingerprint density at radius 2 is 1.90 bits per heavy atom. The number of hydrogen-bond acceptors (Lipinski definition) is 2. The predicted octanol–water partition coefficient (Wildman–Crippen LogP) is 4.44. The van der Waals surface area contributed by atoms with E-state index in [0.29, 0.717) is 11.3 Å². The standard InChI is InChI=1S/C15H14N4O/c1-2-11-7-3-5-9-13(11)17-15(20)12-8-4-6-10-14(12)18-19-16/h3-10H,2H2,1H3,(H,17,20). The Balaban J connectivity index is 2.31. The van der Waals surface area contributed by atoms with Gasteiger partial charge in [-0.3, -0.25) is 4.79 Å². The zero-order chi connectivity index (χ0) is 14.4. The molecule has 0 unspecified atom stereocenters. The van der Waals surface area contributed by atoms with Gasteiger partial charge in [-0.25, -0.2) is 0 Å². The molecule has 2 rings (SSSR count). The van der Waals surface area contributed by atoms with E-state index in [1.807, 2.05) is 31.2 Å². The van der Waals surface area contributed by atoms with Crippen LogP contribution < -0.4 is 5.32 Å². The molecule has 0 saturated carbocycles. The van der Waals surface area contributed by atoms with E-state index in [1.165, 1.54) is 0 Å². The third-order valence-electron chi connectivity index (χ3n) is 2.95. The van der Waals surface area contributed by atoms with Crippen molar-refractivity contribution in [2.24, 2.45) is 5.11 Å². The van der Waals surface area contributed by atoms with Crippen molar-refractivity contribution in [3.05, 3.63) is 70.1 Å². The van der Waals surface area contributed by atoms with E-state index in [2.05, 4.69) is 15.3 Å². The Hall–Kier alpha value is -2.78. The number of anilines is 1. The minimum absolute atomic E-state index is 0.283. The Labute approximate surface area is 116 Å². The summed E-state index contributed by atoms with van der Waals surface area (Å²) in [5, 5.41) is 6.39. The van der Waals surface area contributed by atoms with Crippen molar-refractivity contribution in [2.75, 3.05) is 5.32 Å². The highest BCUT2D eigenvalue weighted by Crippen LogP contribution is 2.22. The Bertz CT molecular complexity index is 675. The summed E-state index contributed by atoms with van der Waals surface area (Å²) in [5.41, 5.74) is 11.0. The molecule has 1 amide bonds. The van der Waals surface area contributed by atoms with Gasteiger partial charge < -0.3 is 5.32 Å². The SMILES string of the molecule is CCc1ccccc1NC(=O)c1ccccc1N=[N+]=[N-]. The molecule has 5 nitrogen and oxygen atoms in total. The number of benzene rings is 2. The average Bonchev–Trinajstić information content (AvgIpc) is 2.48. The second kappa shape index (κ2) is 6.41. The van der Waals surface area contributed by atoms with Gasteiger partial charge in [-0.15, -0.1) is 0 Å². The molecule has 0 atom stereocenters. The lowest BCUT2D eigenvalue weighted by Crippen LogP contribution is -2.13. The van der Waals surface area contributed by atoms with Crippen molar-refractivity contribution < 1.29 is 4.79 Å². The highest BCUT2D eigenvalue weighted by Gasteiger charge is 2.11. The summed E-state index contributed by atoms with van der Waals surface area (Å²) in [6.45, 7) is 2.03. The van der Waals surface area contributed by atoms with Gasteiger partial charge in [0.05, 0.1) is 5.69 Å². The van der Waals surface area contributed by atoms with E-state index in [0.717, 1.165) is 17.7 Å². The van der Waals surface area contributed by atoms with Crippen molar-refractivity contribution in [1.82, 2.24) is 0 Å². The number of para-hydroxylation sites is 1. The molecule has 1 N–H and O–H groups in total. The van der Waals surface area contributed by atoms with Gasteiger partial charge >= 0.3 is 0 Å². The molecular formula is C15H14N4O. The Morgan fingerprint density at radius 3 is 2.65 bits per heavy atom. The minimum atomic E-state index is -0.283. The lowest BCUT2D eigenvalue weighted by atomic mass is 10.1. The topological polar surface area (TPSA) is 77.9 Å². The molecule has 0 spiro atoms. The number of aryl methyl sites for hydroxylation is 1. The first-order valence-electron chi connectivity index (χ1n) is 6.29. The smallest absolute Gasteiger partial charge is 0.256 e. The maximum absolute atomic E-state index is 12.3. The van der Waals surface area contributed by atoms with Gasteiger partial charge in [-0.1, -0.05) is 48.4 Å². The van der Waals surface area contributed by atoms with Crippen LogP contribution in [-0.2, 0) is 6.42 Å². The van der Waals surface area contributed by atoms with E-state index in [4.69, 9.17) is 5.53 Å². The number of rotatable bonds is 4. The highest BCUT2D eigenvalue weighted by molar-refractivity contribution is 6.07. The fourth-order valence-corrected chi connectivity index (χ4v) is 1.94. The molecule has 0 aromatic heterocycles. The maximum atomic E-state index is 12.3. The number of nitrogens with zero attached hydrogens (tertiary/aromatic N) is 3. The molecule has 20 heavy (non-hydrogen) atoms. The van der Waals surface area contributed by atoms with Crippen LogP contribution in [-0.4, -0.2) is 5.91 Å². The quantitative estimate of drug-likeness (QED) is 0.495. The molecule has 5 heteroatoms. The van der Waals surface area contributed by atoms with Crippen LogP contribution in [0.1, 0.15) is 22.8 Å². The van der Waals surface area contributed by atoms with Crippen LogP contribution in [0.15, 0.2) is 53.6 Å². The van der Waals surface area contributed by atoms with E-state index >= 15 is 0 Å². The fraction of sp³-hybridized carbons (Fsp3) is 0.133. The van der Waals surface area contributed by atoms with E-state index < -0.39 is 0 Å². The fourth-order valence-electron chi connectivity index (χ4n) is 1.94. The molecule has 0 heterocycles. The first-order chi connectivity index (χ1) is 9.76. The lowest BCUT2D eigenvalue weighted by molar-refractivity contribution is 0.102. The van der Waals surface area contributed by atoms with Gasteiger partial charge in [0.2, 0.25) is 0 Å². The number of carbonyl (C=O) groups is 1. The minimum Gasteiger partial charge on any atom is -0.322 e. The van der Waals surface area contributed by atoms with Crippen LogP contribution in [0.25, 0.3) is 10.4 Å². The summed E-state index contributed by atoms with van der Waals surface area (Å²) >= 11 is 0. The van der Waals surface area contributed by atoms with Crippen molar-refractivity contribution in [1.29, 1.82) is 0 Å². The van der Waals surface area contributed by atoms with Gasteiger partial charge in [-0.05, 0) is 29.6 Å². The molecule has 0 radical (unpaired) electrons. The van der Waals surface area contributed by atoms with E-state index in [-0.39, 0.29) is 5.91 Å². The van der Waals surface area contributed by atoms with Crippen LogP contribution in [0.3, 0.4) is 0 Å². The van der Waals surface area contributed by atoms with Crippen molar-refractivity contribution in [3.63, 3.8) is 0 Å². The molecule has 0 aliphatic heterocycles. The van der Waals surface area contributed by atoms with Crippen LogP contribution in [0.4, 0.5) is 11.4 Å². The Kier molecular flexibility index (Phi) is 4.37. The summed E-state index contributed by atoms with van der Waals surface area (Å²) in [6.07, 6.45) is 0.828. The monoisotopic (exact) mass is 266 g/mol. The zero-order valence-corrected chi connectivity index (χ0v) is 11.1. The van der Waals surface area contributed by atoms with E-state index in [1.54, 1.807) is 24.3 Å². The number of hydrogen-bond donors (Lipinski definition) is 1. The average molecular weight is 266 g/mol. The Morgan fingerprint density at radius 1 is 1.20 bits per heavy atom. The first-order valence-corrected chi connectivity index (χ1v) is 6.29. The molecular weight excluding hydrogens is 252 g/mol. The number of carbonyl (C=O) groups excluding carboxylic acids is 1. The summed E-state index contributed by atoms with van der Waals surface area (Å²) in [4.78, 5) is 15.0. The number of nitrogens with one attached hydrogen (secondary N) is 1. The lowest BCUT2D eigenvalue weighted by Gasteiger charge is -2.10. The van der Waals surface area contributed by atoms with Crippen molar-refractivity contribution in [3.8, 4) is 0 Å². The number of azide groups is 1. The number of amides is 1. The maximum Gasteiger partial charge on any atom is 0.256 e. The van der Waals surface area contributed by atoms with Gasteiger partial charge in [0.25, 0.3) is 5.91 Å². The zero-order valence-electron chi connectivity index (χ0n) is 11.1. The molecule has 0 bridgehead atoms. The summed E-state index contributed by atoms with van der Waals surface area (Å²) in [5.74, 6) is -0.283. The van der Waals surface area contributed by atoms with Crippen LogP contribution in [0.5, 0.6) is 0 Å². The third kappa shape index (κ3) is 2.96. The third-order valence-corrected chi connectivity index (χ3v) is 2.95. The second-order valence-electron chi connectivity index (χ2n) is 4.17. The second-order valence-corrected chi connectivity index (χ2v) is 4.17. The van der Waals surface area contributed by atoms with Crippen molar-refractivity contribution in [2.45, 2.75) is 13.3 Å². The summed E-state index contributed by atoms with van der Waals surface area (Å²) < 4.78 is 0. The predicted molar refractivity (Wildman–Crippen MR) is 79.0 cm³/mol. The first kappa shape index (κ1) is 13.6. The molecule has 0 aliphatic carbocycles. The normalized spacial score (nSPS) is 9.65. The molecule has 0 fully saturated rings. The van der Waals surface area contributed by atoms with E-state index in [9.17, 15) is 4.79 Å². The molecule has 0 aliphatic rings. The largest absolute Gasteiger partial charge is 0.322 e.